The predicted octanol–water partition coefficient (Wildman–Crippen LogP) is -0.700. The molecule has 0 bridgehead atoms. The maximum absolute atomic E-state index is 11.5. The van der Waals surface area contributed by atoms with Crippen LogP contribution in [-0.4, -0.2) is 54.1 Å². The maximum atomic E-state index is 11.5. The first-order chi connectivity index (χ1) is 8.13. The number of hydrogen-bond acceptors (Lipinski definition) is 4. The Hall–Kier alpha value is -1.34. The van der Waals surface area contributed by atoms with Gasteiger partial charge in [-0.25, -0.2) is 9.59 Å². The van der Waals surface area contributed by atoms with Gasteiger partial charge in [-0.1, -0.05) is 0 Å². The van der Waals surface area contributed by atoms with Crippen molar-refractivity contribution in [3.63, 3.8) is 0 Å². The third kappa shape index (κ3) is 5.01. The van der Waals surface area contributed by atoms with Gasteiger partial charge in [0.25, 0.3) is 0 Å². The fourth-order valence-corrected chi connectivity index (χ4v) is 1.61. The molecule has 0 saturated carbocycles. The van der Waals surface area contributed by atoms with E-state index in [1.54, 1.807) is 0 Å². The molecule has 7 heteroatoms. The van der Waals surface area contributed by atoms with Crippen molar-refractivity contribution >= 4 is 12.0 Å². The number of carbonyl (C=O) groups is 2. The number of amides is 2. The number of hydrogen-bond donors (Lipinski definition) is 4. The predicted molar refractivity (Wildman–Crippen MR) is 58.6 cm³/mol. The smallest absolute Gasteiger partial charge is 0.326 e. The number of aliphatic hydroxyl groups excluding tert-OH is 1. The SMILES string of the molecule is O=C(NC1CCOCC1)NC(CCO)C(=O)O. The minimum absolute atomic E-state index is 0.00344. The Morgan fingerprint density at radius 1 is 1.35 bits per heavy atom. The molecule has 7 nitrogen and oxygen atoms in total. The van der Waals surface area contributed by atoms with Crippen molar-refractivity contribution in [3.05, 3.63) is 0 Å². The molecule has 0 radical (unpaired) electrons. The fourth-order valence-electron chi connectivity index (χ4n) is 1.61. The number of aliphatic carboxylic acids is 1. The molecule has 1 aliphatic heterocycles. The summed E-state index contributed by atoms with van der Waals surface area (Å²) in [5.41, 5.74) is 0. The molecule has 1 heterocycles. The number of carbonyl (C=O) groups excluding carboxylic acids is 1. The van der Waals surface area contributed by atoms with Crippen molar-refractivity contribution < 1.29 is 24.5 Å². The number of ether oxygens (including phenoxy) is 1. The summed E-state index contributed by atoms with van der Waals surface area (Å²) in [4.78, 5) is 22.2. The van der Waals surface area contributed by atoms with Crippen LogP contribution in [0.1, 0.15) is 19.3 Å². The third-order valence-electron chi connectivity index (χ3n) is 2.58. The van der Waals surface area contributed by atoms with E-state index in [0.29, 0.717) is 13.2 Å². The van der Waals surface area contributed by atoms with E-state index < -0.39 is 18.0 Å². The monoisotopic (exact) mass is 246 g/mol. The van der Waals surface area contributed by atoms with E-state index in [1.807, 2.05) is 0 Å². The van der Waals surface area contributed by atoms with Crippen LogP contribution in [0.4, 0.5) is 4.79 Å². The van der Waals surface area contributed by atoms with Gasteiger partial charge in [-0.3, -0.25) is 0 Å². The molecule has 1 fully saturated rings. The van der Waals surface area contributed by atoms with Gasteiger partial charge in [-0.05, 0) is 12.8 Å². The molecule has 1 atom stereocenters. The van der Waals surface area contributed by atoms with Crippen LogP contribution in [0.2, 0.25) is 0 Å². The highest BCUT2D eigenvalue weighted by atomic mass is 16.5. The molecule has 0 aromatic rings. The molecule has 17 heavy (non-hydrogen) atoms. The standard InChI is InChI=1S/C10H18N2O5/c13-4-1-8(9(14)15)12-10(16)11-7-2-5-17-6-3-7/h7-8,13H,1-6H2,(H,14,15)(H2,11,12,16). The average Bonchev–Trinajstić information content (AvgIpc) is 2.29. The van der Waals surface area contributed by atoms with Crippen LogP contribution in [0.25, 0.3) is 0 Å². The lowest BCUT2D eigenvalue weighted by Crippen LogP contribution is -2.50. The Balaban J connectivity index is 2.33. The molecule has 4 N–H and O–H groups in total. The van der Waals surface area contributed by atoms with E-state index >= 15 is 0 Å². The molecule has 0 aromatic heterocycles. The molecule has 98 valence electrons. The van der Waals surface area contributed by atoms with Crippen LogP contribution >= 0.6 is 0 Å². The summed E-state index contributed by atoms with van der Waals surface area (Å²) in [6.07, 6.45) is 1.45. The zero-order valence-electron chi connectivity index (χ0n) is 9.52. The highest BCUT2D eigenvalue weighted by Crippen LogP contribution is 2.05. The van der Waals surface area contributed by atoms with Gasteiger partial charge in [-0.15, -0.1) is 0 Å². The van der Waals surface area contributed by atoms with Gasteiger partial charge in [0, 0.05) is 32.3 Å². The molecule has 0 aromatic carbocycles. The summed E-state index contributed by atoms with van der Waals surface area (Å²) in [6.45, 7) is 0.919. The molecule has 2 amide bonds. The topological polar surface area (TPSA) is 108 Å². The summed E-state index contributed by atoms with van der Waals surface area (Å²) in [7, 11) is 0. The van der Waals surface area contributed by atoms with Crippen molar-refractivity contribution in [1.82, 2.24) is 10.6 Å². The average molecular weight is 246 g/mol. The lowest BCUT2D eigenvalue weighted by Gasteiger charge is -2.24. The highest BCUT2D eigenvalue weighted by molar-refractivity contribution is 5.82. The summed E-state index contributed by atoms with van der Waals surface area (Å²) < 4.78 is 5.14. The lowest BCUT2D eigenvalue weighted by molar-refractivity contribution is -0.139. The van der Waals surface area contributed by atoms with Crippen molar-refractivity contribution in [2.45, 2.75) is 31.3 Å². The zero-order chi connectivity index (χ0) is 12.7. The number of carboxylic acids is 1. The van der Waals surface area contributed by atoms with Crippen LogP contribution < -0.4 is 10.6 Å². The molecule has 1 unspecified atom stereocenters. The first-order valence-electron chi connectivity index (χ1n) is 5.62. The Morgan fingerprint density at radius 3 is 2.53 bits per heavy atom. The van der Waals surface area contributed by atoms with Gasteiger partial charge in [-0.2, -0.15) is 0 Å². The maximum Gasteiger partial charge on any atom is 0.326 e. The van der Waals surface area contributed by atoms with E-state index in [4.69, 9.17) is 14.9 Å². The summed E-state index contributed by atoms with van der Waals surface area (Å²) in [5.74, 6) is -1.15. The van der Waals surface area contributed by atoms with E-state index in [0.717, 1.165) is 12.8 Å². The first kappa shape index (κ1) is 13.7. The second-order valence-corrected chi connectivity index (χ2v) is 3.91. The normalized spacial score (nSPS) is 18.4. The molecule has 1 saturated heterocycles. The van der Waals surface area contributed by atoms with Gasteiger partial charge >= 0.3 is 12.0 Å². The van der Waals surface area contributed by atoms with E-state index in [1.165, 1.54) is 0 Å². The van der Waals surface area contributed by atoms with E-state index in [-0.39, 0.29) is 19.1 Å². The Kier molecular flexibility index (Phi) is 5.71. The minimum atomic E-state index is -1.15. The molecular weight excluding hydrogens is 228 g/mol. The fraction of sp³-hybridized carbons (Fsp3) is 0.800. The summed E-state index contributed by atoms with van der Waals surface area (Å²) in [6, 6.07) is -1.55. The number of aliphatic hydroxyl groups is 1. The number of nitrogens with one attached hydrogen (secondary N) is 2. The number of carboxylic acid groups (broad SMARTS) is 1. The van der Waals surface area contributed by atoms with Crippen LogP contribution in [0.3, 0.4) is 0 Å². The number of urea groups is 1. The number of rotatable bonds is 5. The molecule has 1 rings (SSSR count). The largest absolute Gasteiger partial charge is 0.480 e. The summed E-state index contributed by atoms with van der Waals surface area (Å²) in [5, 5.41) is 22.5. The van der Waals surface area contributed by atoms with Gasteiger partial charge in [0.05, 0.1) is 0 Å². The lowest BCUT2D eigenvalue weighted by atomic mass is 10.1. The molecule has 0 aliphatic carbocycles. The van der Waals surface area contributed by atoms with Gasteiger partial charge in [0.1, 0.15) is 6.04 Å². The zero-order valence-corrected chi connectivity index (χ0v) is 9.52. The molecule has 1 aliphatic rings. The van der Waals surface area contributed by atoms with Crippen molar-refractivity contribution in [2.24, 2.45) is 0 Å². The van der Waals surface area contributed by atoms with Crippen LogP contribution in [0.5, 0.6) is 0 Å². The molecular formula is C10H18N2O5. The van der Waals surface area contributed by atoms with Gasteiger partial charge in [0.15, 0.2) is 0 Å². The first-order valence-corrected chi connectivity index (χ1v) is 5.62. The van der Waals surface area contributed by atoms with Crippen LogP contribution in [0, 0.1) is 0 Å². The summed E-state index contributed by atoms with van der Waals surface area (Å²) >= 11 is 0. The van der Waals surface area contributed by atoms with Crippen molar-refractivity contribution in [3.8, 4) is 0 Å². The second kappa shape index (κ2) is 7.08. The van der Waals surface area contributed by atoms with Crippen LogP contribution in [-0.2, 0) is 9.53 Å². The highest BCUT2D eigenvalue weighted by Gasteiger charge is 2.21. The van der Waals surface area contributed by atoms with Crippen LogP contribution in [0.15, 0.2) is 0 Å². The Labute approximate surface area is 99.1 Å². The Morgan fingerprint density at radius 2 is 2.00 bits per heavy atom. The van der Waals surface area contributed by atoms with E-state index in [9.17, 15) is 9.59 Å². The van der Waals surface area contributed by atoms with Crippen molar-refractivity contribution in [2.75, 3.05) is 19.8 Å². The Bertz CT molecular complexity index is 265. The second-order valence-electron chi connectivity index (χ2n) is 3.91. The van der Waals surface area contributed by atoms with E-state index in [2.05, 4.69) is 10.6 Å². The van der Waals surface area contributed by atoms with Crippen molar-refractivity contribution in [1.29, 1.82) is 0 Å². The van der Waals surface area contributed by atoms with Gasteiger partial charge in [0.2, 0.25) is 0 Å². The quantitative estimate of drug-likeness (QED) is 0.513. The molecule has 0 spiro atoms. The third-order valence-corrected chi connectivity index (χ3v) is 2.58. The van der Waals surface area contributed by atoms with Gasteiger partial charge < -0.3 is 25.6 Å². The minimum Gasteiger partial charge on any atom is -0.480 e.